The van der Waals surface area contributed by atoms with Crippen molar-refractivity contribution in [1.29, 1.82) is 0 Å². The zero-order valence-electron chi connectivity index (χ0n) is 6.92. The third kappa shape index (κ3) is 2.40. The Morgan fingerprint density at radius 1 is 1.73 bits per heavy atom. The lowest BCUT2D eigenvalue weighted by Crippen LogP contribution is -2.22. The molecule has 0 aromatic rings. The molecule has 2 nitrogen and oxygen atoms in total. The summed E-state index contributed by atoms with van der Waals surface area (Å²) in [4.78, 5) is 0. The highest BCUT2D eigenvalue weighted by Gasteiger charge is 2.19. The Kier molecular flexibility index (Phi) is 3.77. The van der Waals surface area contributed by atoms with Gasteiger partial charge in [0.25, 0.3) is 0 Å². The fourth-order valence-corrected chi connectivity index (χ4v) is 2.60. The second-order valence-electron chi connectivity index (χ2n) is 2.90. The smallest absolute Gasteiger partial charge is 0.0618 e. The van der Waals surface area contributed by atoms with Gasteiger partial charge in [-0.05, 0) is 18.6 Å². The summed E-state index contributed by atoms with van der Waals surface area (Å²) >= 11 is 1.97. The number of oxime groups is 1. The number of nitrogens with zero attached hydrogens (tertiary/aromatic N) is 1. The molecule has 0 saturated carbocycles. The molecule has 0 aromatic carbocycles. The van der Waals surface area contributed by atoms with Crippen molar-refractivity contribution in [1.82, 2.24) is 0 Å². The molecular formula is C8H15NOS. The van der Waals surface area contributed by atoms with E-state index in [-0.39, 0.29) is 0 Å². The maximum atomic E-state index is 8.67. The fraction of sp³-hybridized carbons (Fsp3) is 0.875. The minimum Gasteiger partial charge on any atom is -0.411 e. The van der Waals surface area contributed by atoms with Gasteiger partial charge in [0.2, 0.25) is 0 Å². The first-order valence-electron chi connectivity index (χ1n) is 4.17. The standard InChI is InChI=1S/C8H15NOS/c1-2-3-7-6-11-5-4-8(7)9-10/h7,10H,2-6H2,1H3. The molecule has 1 saturated heterocycles. The average Bonchev–Trinajstić information content (AvgIpc) is 2.06. The summed E-state index contributed by atoms with van der Waals surface area (Å²) in [6, 6.07) is 0. The number of rotatable bonds is 2. The average molecular weight is 173 g/mol. The zero-order chi connectivity index (χ0) is 8.10. The molecule has 1 fully saturated rings. The Bertz CT molecular complexity index is 145. The lowest BCUT2D eigenvalue weighted by molar-refractivity contribution is 0.313. The molecular weight excluding hydrogens is 158 g/mol. The molecule has 0 aliphatic carbocycles. The molecule has 0 bridgehead atoms. The van der Waals surface area contributed by atoms with E-state index in [9.17, 15) is 0 Å². The molecule has 1 aliphatic rings. The maximum Gasteiger partial charge on any atom is 0.0618 e. The van der Waals surface area contributed by atoms with E-state index in [0.717, 1.165) is 23.6 Å². The lowest BCUT2D eigenvalue weighted by Gasteiger charge is -2.21. The van der Waals surface area contributed by atoms with Crippen LogP contribution in [0.4, 0.5) is 0 Å². The van der Waals surface area contributed by atoms with Crippen molar-refractivity contribution >= 4 is 17.5 Å². The van der Waals surface area contributed by atoms with Crippen molar-refractivity contribution in [2.45, 2.75) is 26.2 Å². The van der Waals surface area contributed by atoms with Crippen molar-refractivity contribution in [3.8, 4) is 0 Å². The van der Waals surface area contributed by atoms with Crippen LogP contribution in [0.25, 0.3) is 0 Å². The second-order valence-corrected chi connectivity index (χ2v) is 4.05. The third-order valence-corrected chi connectivity index (χ3v) is 3.19. The van der Waals surface area contributed by atoms with Crippen molar-refractivity contribution in [2.24, 2.45) is 11.1 Å². The molecule has 0 aromatic heterocycles. The van der Waals surface area contributed by atoms with Gasteiger partial charge in [0.05, 0.1) is 5.71 Å². The minimum atomic E-state index is 0.545. The van der Waals surface area contributed by atoms with Crippen LogP contribution in [0.2, 0.25) is 0 Å². The van der Waals surface area contributed by atoms with Gasteiger partial charge in [-0.1, -0.05) is 18.5 Å². The second kappa shape index (κ2) is 4.65. The van der Waals surface area contributed by atoms with E-state index in [2.05, 4.69) is 12.1 Å². The van der Waals surface area contributed by atoms with Crippen LogP contribution >= 0.6 is 11.8 Å². The van der Waals surface area contributed by atoms with Crippen LogP contribution in [-0.2, 0) is 0 Å². The normalized spacial score (nSPS) is 29.2. The molecule has 1 N–H and O–H groups in total. The summed E-state index contributed by atoms with van der Waals surface area (Å²) < 4.78 is 0. The maximum absolute atomic E-state index is 8.67. The van der Waals surface area contributed by atoms with Gasteiger partial charge in [0.1, 0.15) is 0 Å². The van der Waals surface area contributed by atoms with E-state index in [4.69, 9.17) is 5.21 Å². The number of thioether (sulfide) groups is 1. The molecule has 1 unspecified atom stereocenters. The first-order chi connectivity index (χ1) is 5.38. The Morgan fingerprint density at radius 2 is 2.55 bits per heavy atom. The molecule has 0 spiro atoms. The highest BCUT2D eigenvalue weighted by molar-refractivity contribution is 7.99. The van der Waals surface area contributed by atoms with Crippen LogP contribution in [0.3, 0.4) is 0 Å². The van der Waals surface area contributed by atoms with E-state index in [1.807, 2.05) is 11.8 Å². The van der Waals surface area contributed by atoms with Gasteiger partial charge < -0.3 is 5.21 Å². The van der Waals surface area contributed by atoms with Gasteiger partial charge in [-0.25, -0.2) is 0 Å². The largest absolute Gasteiger partial charge is 0.411 e. The third-order valence-electron chi connectivity index (χ3n) is 2.06. The Morgan fingerprint density at radius 3 is 3.18 bits per heavy atom. The van der Waals surface area contributed by atoms with Crippen LogP contribution in [0.1, 0.15) is 26.2 Å². The number of hydrogen-bond acceptors (Lipinski definition) is 3. The molecule has 1 rings (SSSR count). The quantitative estimate of drug-likeness (QED) is 0.513. The van der Waals surface area contributed by atoms with E-state index in [1.165, 1.54) is 12.8 Å². The molecule has 0 radical (unpaired) electrons. The highest BCUT2D eigenvalue weighted by Crippen LogP contribution is 2.24. The van der Waals surface area contributed by atoms with Crippen molar-refractivity contribution in [3.05, 3.63) is 0 Å². The molecule has 1 heterocycles. The predicted molar refractivity (Wildman–Crippen MR) is 49.6 cm³/mol. The molecule has 11 heavy (non-hydrogen) atoms. The van der Waals surface area contributed by atoms with Crippen molar-refractivity contribution < 1.29 is 5.21 Å². The van der Waals surface area contributed by atoms with E-state index < -0.39 is 0 Å². The predicted octanol–water partition coefficient (Wildman–Crippen LogP) is 2.37. The topological polar surface area (TPSA) is 32.6 Å². The lowest BCUT2D eigenvalue weighted by atomic mass is 9.98. The summed E-state index contributed by atoms with van der Waals surface area (Å²) in [6.07, 6.45) is 3.34. The zero-order valence-corrected chi connectivity index (χ0v) is 7.73. The summed E-state index contributed by atoms with van der Waals surface area (Å²) in [6.45, 7) is 2.17. The van der Waals surface area contributed by atoms with E-state index in [0.29, 0.717) is 5.92 Å². The van der Waals surface area contributed by atoms with Crippen LogP contribution < -0.4 is 0 Å². The minimum absolute atomic E-state index is 0.545. The summed E-state index contributed by atoms with van der Waals surface area (Å²) in [5.74, 6) is 2.82. The van der Waals surface area contributed by atoms with Crippen molar-refractivity contribution in [3.63, 3.8) is 0 Å². The van der Waals surface area contributed by atoms with Gasteiger partial charge in [0.15, 0.2) is 0 Å². The Hall–Kier alpha value is -0.180. The van der Waals surface area contributed by atoms with Gasteiger partial charge in [-0.2, -0.15) is 11.8 Å². The number of hydrogen-bond donors (Lipinski definition) is 1. The van der Waals surface area contributed by atoms with Crippen LogP contribution in [-0.4, -0.2) is 22.4 Å². The molecule has 64 valence electrons. The summed E-state index contributed by atoms with van der Waals surface area (Å²) in [5, 5.41) is 12.0. The summed E-state index contributed by atoms with van der Waals surface area (Å²) in [5.41, 5.74) is 1.02. The van der Waals surface area contributed by atoms with Gasteiger partial charge in [-0.3, -0.25) is 0 Å². The first-order valence-corrected chi connectivity index (χ1v) is 5.32. The van der Waals surface area contributed by atoms with Gasteiger partial charge >= 0.3 is 0 Å². The molecule has 0 amide bonds. The molecule has 1 aliphatic heterocycles. The van der Waals surface area contributed by atoms with Crippen LogP contribution in [0.5, 0.6) is 0 Å². The first kappa shape index (κ1) is 8.91. The SMILES string of the molecule is CCCC1CSCCC1=NO. The van der Waals surface area contributed by atoms with E-state index in [1.54, 1.807) is 0 Å². The monoisotopic (exact) mass is 173 g/mol. The van der Waals surface area contributed by atoms with Crippen molar-refractivity contribution in [2.75, 3.05) is 11.5 Å². The Balaban J connectivity index is 2.45. The van der Waals surface area contributed by atoms with Gasteiger partial charge in [-0.15, -0.1) is 0 Å². The Labute approximate surface area is 72.1 Å². The van der Waals surface area contributed by atoms with Crippen LogP contribution in [0.15, 0.2) is 5.16 Å². The van der Waals surface area contributed by atoms with Gasteiger partial charge in [0, 0.05) is 11.7 Å². The fourth-order valence-electron chi connectivity index (χ4n) is 1.43. The van der Waals surface area contributed by atoms with Crippen LogP contribution in [0, 0.1) is 5.92 Å². The van der Waals surface area contributed by atoms with E-state index >= 15 is 0 Å². The molecule has 1 atom stereocenters. The highest BCUT2D eigenvalue weighted by atomic mass is 32.2. The summed E-state index contributed by atoms with van der Waals surface area (Å²) in [7, 11) is 0. The molecule has 3 heteroatoms.